The van der Waals surface area contributed by atoms with Gasteiger partial charge >= 0.3 is 0 Å². The largest absolute Gasteiger partial charge is 0.497 e. The van der Waals surface area contributed by atoms with Crippen LogP contribution >= 0.6 is 0 Å². The molecule has 0 heterocycles. The van der Waals surface area contributed by atoms with E-state index >= 15 is 0 Å². The summed E-state index contributed by atoms with van der Waals surface area (Å²) in [6.07, 6.45) is 0. The van der Waals surface area contributed by atoms with Crippen LogP contribution < -0.4 is 20.7 Å². The van der Waals surface area contributed by atoms with Crippen LogP contribution in [-0.4, -0.2) is 13.0 Å². The number of anilines is 3. The van der Waals surface area contributed by atoms with Crippen LogP contribution in [0.4, 0.5) is 17.1 Å². The van der Waals surface area contributed by atoms with Gasteiger partial charge in [0.15, 0.2) is 0 Å². The van der Waals surface area contributed by atoms with E-state index in [0.29, 0.717) is 11.4 Å². The van der Waals surface area contributed by atoms with E-state index in [4.69, 9.17) is 4.74 Å². The fourth-order valence-corrected chi connectivity index (χ4v) is 2.66. The molecule has 0 fully saturated rings. The summed E-state index contributed by atoms with van der Waals surface area (Å²) in [5, 5.41) is 9.43. The van der Waals surface area contributed by atoms with Crippen LogP contribution in [-0.2, 0) is 4.79 Å². The SMILES string of the molecule is COc1ccc(NC(C)=C(Nc2ccccc2)C(=O)Nc2ccccc2)cc1. The van der Waals surface area contributed by atoms with Crippen molar-refractivity contribution in [2.75, 3.05) is 23.1 Å². The van der Waals surface area contributed by atoms with Crippen molar-refractivity contribution in [1.29, 1.82) is 0 Å². The number of carbonyl (C=O) groups is 1. The van der Waals surface area contributed by atoms with Gasteiger partial charge < -0.3 is 20.7 Å². The topological polar surface area (TPSA) is 62.4 Å². The standard InChI is InChI=1S/C23H23N3O2/c1-17(24-20-13-15-21(28-2)16-14-20)22(25-18-9-5-3-6-10-18)23(27)26-19-11-7-4-8-12-19/h3-16,24-25H,1-2H3,(H,26,27). The number of nitrogens with one attached hydrogen (secondary N) is 3. The zero-order valence-electron chi connectivity index (χ0n) is 15.9. The van der Waals surface area contributed by atoms with Crippen LogP contribution in [0.15, 0.2) is 96.3 Å². The zero-order valence-corrected chi connectivity index (χ0v) is 15.9. The van der Waals surface area contributed by atoms with Gasteiger partial charge in [-0.05, 0) is 55.5 Å². The molecule has 5 heteroatoms. The van der Waals surface area contributed by atoms with Crippen molar-refractivity contribution in [1.82, 2.24) is 0 Å². The Hall–Kier alpha value is -3.73. The predicted molar refractivity (Wildman–Crippen MR) is 114 cm³/mol. The summed E-state index contributed by atoms with van der Waals surface area (Å²) < 4.78 is 5.19. The number of para-hydroxylation sites is 2. The average molecular weight is 373 g/mol. The Morgan fingerprint density at radius 3 is 1.71 bits per heavy atom. The lowest BCUT2D eigenvalue weighted by molar-refractivity contribution is -0.112. The molecule has 0 aromatic heterocycles. The van der Waals surface area contributed by atoms with Crippen molar-refractivity contribution in [3.05, 3.63) is 96.3 Å². The maximum absolute atomic E-state index is 13.0. The zero-order chi connectivity index (χ0) is 19.8. The molecular weight excluding hydrogens is 350 g/mol. The first-order valence-electron chi connectivity index (χ1n) is 8.96. The van der Waals surface area contributed by atoms with E-state index in [1.165, 1.54) is 0 Å². The van der Waals surface area contributed by atoms with E-state index in [1.54, 1.807) is 7.11 Å². The lowest BCUT2D eigenvalue weighted by Gasteiger charge is -2.16. The van der Waals surface area contributed by atoms with E-state index in [9.17, 15) is 4.79 Å². The minimum absolute atomic E-state index is 0.228. The maximum Gasteiger partial charge on any atom is 0.273 e. The van der Waals surface area contributed by atoms with Gasteiger partial charge in [0, 0.05) is 22.8 Å². The Balaban J connectivity index is 1.86. The highest BCUT2D eigenvalue weighted by Crippen LogP contribution is 2.20. The van der Waals surface area contributed by atoms with Crippen LogP contribution in [0, 0.1) is 0 Å². The first-order chi connectivity index (χ1) is 13.7. The van der Waals surface area contributed by atoms with Crippen molar-refractivity contribution in [2.45, 2.75) is 6.92 Å². The fourth-order valence-electron chi connectivity index (χ4n) is 2.66. The Labute approximate surface area is 165 Å². The minimum atomic E-state index is -0.228. The lowest BCUT2D eigenvalue weighted by atomic mass is 10.2. The van der Waals surface area contributed by atoms with Gasteiger partial charge in [0.1, 0.15) is 11.4 Å². The highest BCUT2D eigenvalue weighted by atomic mass is 16.5. The van der Waals surface area contributed by atoms with E-state index < -0.39 is 0 Å². The van der Waals surface area contributed by atoms with Crippen molar-refractivity contribution in [2.24, 2.45) is 0 Å². The number of carbonyl (C=O) groups excluding carboxylic acids is 1. The van der Waals surface area contributed by atoms with Crippen LogP contribution in [0.1, 0.15) is 6.92 Å². The van der Waals surface area contributed by atoms with Crippen LogP contribution in [0.2, 0.25) is 0 Å². The number of ether oxygens (including phenoxy) is 1. The van der Waals surface area contributed by atoms with Crippen LogP contribution in [0.3, 0.4) is 0 Å². The second kappa shape index (κ2) is 9.28. The molecule has 0 unspecified atom stereocenters. The third-order valence-electron chi connectivity index (χ3n) is 4.10. The van der Waals surface area contributed by atoms with Crippen molar-refractivity contribution in [3.8, 4) is 5.75 Å². The second-order valence-corrected chi connectivity index (χ2v) is 6.16. The molecule has 3 aromatic carbocycles. The number of rotatable bonds is 7. The van der Waals surface area contributed by atoms with Crippen LogP contribution in [0.5, 0.6) is 5.75 Å². The molecule has 0 radical (unpaired) electrons. The molecule has 0 spiro atoms. The summed E-state index contributed by atoms with van der Waals surface area (Å²) in [6.45, 7) is 1.86. The number of amides is 1. The summed E-state index contributed by atoms with van der Waals surface area (Å²) in [7, 11) is 1.63. The molecule has 5 nitrogen and oxygen atoms in total. The first kappa shape index (κ1) is 19.0. The van der Waals surface area contributed by atoms with Gasteiger partial charge in [-0.25, -0.2) is 0 Å². The minimum Gasteiger partial charge on any atom is -0.497 e. The van der Waals surface area contributed by atoms with Gasteiger partial charge in [0.05, 0.1) is 7.11 Å². The quantitative estimate of drug-likeness (QED) is 0.505. The summed E-state index contributed by atoms with van der Waals surface area (Å²) in [5.41, 5.74) is 3.56. The van der Waals surface area contributed by atoms with Gasteiger partial charge in [-0.1, -0.05) is 36.4 Å². The summed E-state index contributed by atoms with van der Waals surface area (Å²) in [6, 6.07) is 26.5. The molecule has 0 aliphatic heterocycles. The number of allylic oxidation sites excluding steroid dienone is 1. The molecule has 3 N–H and O–H groups in total. The Bertz CT molecular complexity index is 937. The molecule has 0 saturated heterocycles. The van der Waals surface area contributed by atoms with E-state index in [2.05, 4.69) is 16.0 Å². The van der Waals surface area contributed by atoms with Crippen molar-refractivity contribution in [3.63, 3.8) is 0 Å². The van der Waals surface area contributed by atoms with E-state index in [0.717, 1.165) is 22.8 Å². The lowest BCUT2D eigenvalue weighted by Crippen LogP contribution is -2.23. The second-order valence-electron chi connectivity index (χ2n) is 6.16. The maximum atomic E-state index is 13.0. The third-order valence-corrected chi connectivity index (χ3v) is 4.10. The van der Waals surface area contributed by atoms with Gasteiger partial charge in [-0.15, -0.1) is 0 Å². The summed E-state index contributed by atoms with van der Waals surface area (Å²) in [4.78, 5) is 13.0. The van der Waals surface area contributed by atoms with Gasteiger partial charge in [0.2, 0.25) is 0 Å². The van der Waals surface area contributed by atoms with Gasteiger partial charge in [-0.2, -0.15) is 0 Å². The van der Waals surface area contributed by atoms with Crippen molar-refractivity contribution < 1.29 is 9.53 Å². The highest BCUT2D eigenvalue weighted by molar-refractivity contribution is 6.06. The molecule has 1 amide bonds. The molecule has 28 heavy (non-hydrogen) atoms. The average Bonchev–Trinajstić information content (AvgIpc) is 2.74. The van der Waals surface area contributed by atoms with E-state index in [1.807, 2.05) is 91.9 Å². The van der Waals surface area contributed by atoms with Crippen LogP contribution in [0.25, 0.3) is 0 Å². The molecule has 0 aliphatic rings. The third kappa shape index (κ3) is 5.14. The van der Waals surface area contributed by atoms with Gasteiger partial charge in [-0.3, -0.25) is 4.79 Å². The first-order valence-corrected chi connectivity index (χ1v) is 8.96. The molecular formula is C23H23N3O2. The smallest absolute Gasteiger partial charge is 0.273 e. The Morgan fingerprint density at radius 2 is 1.18 bits per heavy atom. The Kier molecular flexibility index (Phi) is 6.31. The highest BCUT2D eigenvalue weighted by Gasteiger charge is 2.14. The predicted octanol–water partition coefficient (Wildman–Crippen LogP) is 5.09. The molecule has 0 saturated carbocycles. The summed E-state index contributed by atoms with van der Waals surface area (Å²) >= 11 is 0. The van der Waals surface area contributed by atoms with Gasteiger partial charge in [0.25, 0.3) is 5.91 Å². The van der Waals surface area contributed by atoms with Crippen molar-refractivity contribution >= 4 is 23.0 Å². The molecule has 0 atom stereocenters. The molecule has 0 bridgehead atoms. The monoisotopic (exact) mass is 373 g/mol. The number of benzene rings is 3. The molecule has 3 aromatic rings. The van der Waals surface area contributed by atoms with E-state index in [-0.39, 0.29) is 5.91 Å². The summed E-state index contributed by atoms with van der Waals surface area (Å²) in [5.74, 6) is 0.546. The number of methoxy groups -OCH3 is 1. The fraction of sp³-hybridized carbons (Fsp3) is 0.0870. The number of hydrogen-bond acceptors (Lipinski definition) is 4. The normalized spacial score (nSPS) is 11.2. The number of hydrogen-bond donors (Lipinski definition) is 3. The molecule has 142 valence electrons. The molecule has 3 rings (SSSR count). The molecule has 0 aliphatic carbocycles. The Morgan fingerprint density at radius 1 is 0.679 bits per heavy atom.